The maximum Gasteiger partial charge on any atom is 0.0703 e. The molecule has 4 saturated carbocycles. The molecule has 7 unspecified atom stereocenters. The molecule has 4 aliphatic carbocycles. The van der Waals surface area contributed by atoms with Crippen molar-refractivity contribution in [1.29, 1.82) is 0 Å². The van der Waals surface area contributed by atoms with Crippen LogP contribution in [0.15, 0.2) is 0 Å². The molecule has 2 radical (unpaired) electrons. The third kappa shape index (κ3) is 0.725. The summed E-state index contributed by atoms with van der Waals surface area (Å²) in [7, 11) is 6.21. The van der Waals surface area contributed by atoms with Gasteiger partial charge >= 0.3 is 0 Å². The van der Waals surface area contributed by atoms with E-state index in [0.717, 1.165) is 35.5 Å². The zero-order chi connectivity index (χ0) is 8.58. The van der Waals surface area contributed by atoms with Crippen molar-refractivity contribution in [1.82, 2.24) is 0 Å². The number of hydrogen-bond acceptors (Lipinski definition) is 0. The highest BCUT2D eigenvalue weighted by Gasteiger charge is 2.60. The molecule has 0 saturated heterocycles. The van der Waals surface area contributed by atoms with Crippen LogP contribution in [-0.2, 0) is 0 Å². The van der Waals surface area contributed by atoms with Gasteiger partial charge in [0.15, 0.2) is 0 Å². The van der Waals surface area contributed by atoms with Gasteiger partial charge in [-0.1, -0.05) is 12.2 Å². The molecule has 0 aromatic rings. The maximum atomic E-state index is 6.21. The first kappa shape index (κ1) is 7.37. The standard InChI is InChI=1S/C12H17B/c13-10-5-8-4-9(10)12-7-2-1-6(3-7)11(8)12/h6-12H,1-5H2. The van der Waals surface area contributed by atoms with Gasteiger partial charge in [0.1, 0.15) is 0 Å². The first-order valence-corrected chi connectivity index (χ1v) is 6.10. The van der Waals surface area contributed by atoms with Gasteiger partial charge in [-0.2, -0.15) is 0 Å². The van der Waals surface area contributed by atoms with Crippen molar-refractivity contribution in [2.75, 3.05) is 0 Å². The van der Waals surface area contributed by atoms with Crippen molar-refractivity contribution in [2.45, 2.75) is 37.9 Å². The predicted octanol–water partition coefficient (Wildman–Crippen LogP) is 2.65. The van der Waals surface area contributed by atoms with Crippen LogP contribution in [0.1, 0.15) is 32.1 Å². The molecule has 7 atom stereocenters. The molecule has 0 aromatic carbocycles. The summed E-state index contributed by atoms with van der Waals surface area (Å²) in [4.78, 5) is 0. The largest absolute Gasteiger partial charge is 0.0740 e. The second-order valence-corrected chi connectivity index (χ2v) is 6.05. The van der Waals surface area contributed by atoms with Gasteiger partial charge in [0.05, 0.1) is 7.85 Å². The highest BCUT2D eigenvalue weighted by Crippen LogP contribution is 2.69. The number of rotatable bonds is 0. The second-order valence-electron chi connectivity index (χ2n) is 6.05. The summed E-state index contributed by atoms with van der Waals surface area (Å²) in [5, 5.41) is 0. The van der Waals surface area contributed by atoms with E-state index in [4.69, 9.17) is 7.85 Å². The van der Waals surface area contributed by atoms with Gasteiger partial charge in [-0.3, -0.25) is 0 Å². The topological polar surface area (TPSA) is 0 Å². The van der Waals surface area contributed by atoms with Gasteiger partial charge in [-0.05, 0) is 61.2 Å². The molecule has 0 aromatic heterocycles. The average molecular weight is 172 g/mol. The summed E-state index contributed by atoms with van der Waals surface area (Å²) in [5.74, 6) is 7.07. The fourth-order valence-electron chi connectivity index (χ4n) is 5.62. The lowest BCUT2D eigenvalue weighted by molar-refractivity contribution is 0.146. The molecule has 4 aliphatic rings. The van der Waals surface area contributed by atoms with Crippen molar-refractivity contribution in [3.8, 4) is 0 Å². The number of hydrogen-bond donors (Lipinski definition) is 0. The highest BCUT2D eigenvalue weighted by atomic mass is 14.6. The van der Waals surface area contributed by atoms with E-state index < -0.39 is 0 Å². The van der Waals surface area contributed by atoms with E-state index in [-0.39, 0.29) is 0 Å². The van der Waals surface area contributed by atoms with Crippen LogP contribution in [0.25, 0.3) is 0 Å². The highest BCUT2D eigenvalue weighted by molar-refractivity contribution is 6.12. The van der Waals surface area contributed by atoms with Crippen LogP contribution in [0.4, 0.5) is 0 Å². The first-order chi connectivity index (χ1) is 6.34. The zero-order valence-corrected chi connectivity index (χ0v) is 8.15. The Labute approximate surface area is 81.9 Å². The second kappa shape index (κ2) is 2.17. The minimum atomic E-state index is 0.589. The van der Waals surface area contributed by atoms with Gasteiger partial charge in [0.25, 0.3) is 0 Å². The normalized spacial score (nSPS) is 67.5. The minimum Gasteiger partial charge on any atom is -0.0740 e. The smallest absolute Gasteiger partial charge is 0.0703 e. The summed E-state index contributed by atoms with van der Waals surface area (Å²) in [6.07, 6.45) is 7.56. The van der Waals surface area contributed by atoms with E-state index in [2.05, 4.69) is 0 Å². The molecule has 0 nitrogen and oxygen atoms in total. The Hall–Kier alpha value is 0.0649. The summed E-state index contributed by atoms with van der Waals surface area (Å²) < 4.78 is 0. The molecule has 0 amide bonds. The van der Waals surface area contributed by atoms with Crippen molar-refractivity contribution in [3.05, 3.63) is 0 Å². The van der Waals surface area contributed by atoms with E-state index in [1.54, 1.807) is 19.3 Å². The molecule has 68 valence electrons. The first-order valence-electron chi connectivity index (χ1n) is 6.10. The third-order valence-corrected chi connectivity index (χ3v) is 5.79. The Bertz CT molecular complexity index is 250. The summed E-state index contributed by atoms with van der Waals surface area (Å²) >= 11 is 0. The average Bonchev–Trinajstić information content (AvgIpc) is 2.78. The monoisotopic (exact) mass is 172 g/mol. The molecule has 4 rings (SSSR count). The fourth-order valence-corrected chi connectivity index (χ4v) is 5.62. The summed E-state index contributed by atoms with van der Waals surface area (Å²) in [6.45, 7) is 0. The lowest BCUT2D eigenvalue weighted by Gasteiger charge is -2.37. The van der Waals surface area contributed by atoms with E-state index in [9.17, 15) is 0 Å². The Balaban J connectivity index is 1.75. The van der Waals surface area contributed by atoms with Crippen molar-refractivity contribution in [2.24, 2.45) is 35.5 Å². The molecule has 4 fully saturated rings. The van der Waals surface area contributed by atoms with Crippen LogP contribution in [0, 0.1) is 35.5 Å². The lowest BCUT2D eigenvalue weighted by atomic mass is 9.62. The summed E-state index contributed by atoms with van der Waals surface area (Å²) in [5.41, 5.74) is 0. The molecule has 1 heteroatoms. The van der Waals surface area contributed by atoms with E-state index in [1.807, 2.05) is 0 Å². The third-order valence-electron chi connectivity index (χ3n) is 5.79. The van der Waals surface area contributed by atoms with Crippen LogP contribution in [-0.4, -0.2) is 7.85 Å². The zero-order valence-electron chi connectivity index (χ0n) is 8.15. The predicted molar refractivity (Wildman–Crippen MR) is 53.5 cm³/mol. The van der Waals surface area contributed by atoms with Crippen molar-refractivity contribution >= 4 is 7.85 Å². The Morgan fingerprint density at radius 3 is 2.38 bits per heavy atom. The van der Waals surface area contributed by atoms with Crippen LogP contribution in [0.2, 0.25) is 5.82 Å². The van der Waals surface area contributed by atoms with E-state index in [0.29, 0.717) is 5.82 Å². The molecular formula is C12H17B. The van der Waals surface area contributed by atoms with Crippen LogP contribution >= 0.6 is 0 Å². The molecule has 0 N–H and O–H groups in total. The SMILES string of the molecule is [B]C1CC2CC1C1C3CCC(C3)C21. The molecule has 0 aliphatic heterocycles. The van der Waals surface area contributed by atoms with Crippen LogP contribution < -0.4 is 0 Å². The Kier molecular flexibility index (Phi) is 1.23. The quantitative estimate of drug-likeness (QED) is 0.389. The van der Waals surface area contributed by atoms with Crippen molar-refractivity contribution < 1.29 is 0 Å². The van der Waals surface area contributed by atoms with E-state index >= 15 is 0 Å². The molecule has 13 heavy (non-hydrogen) atoms. The van der Waals surface area contributed by atoms with Gasteiger partial charge < -0.3 is 0 Å². The lowest BCUT2D eigenvalue weighted by Crippen LogP contribution is -2.30. The van der Waals surface area contributed by atoms with Gasteiger partial charge in [0.2, 0.25) is 0 Å². The molecule has 0 spiro atoms. The molecule has 0 heterocycles. The summed E-state index contributed by atoms with van der Waals surface area (Å²) in [6, 6.07) is 0. The van der Waals surface area contributed by atoms with Crippen LogP contribution in [0.3, 0.4) is 0 Å². The van der Waals surface area contributed by atoms with Gasteiger partial charge in [-0.25, -0.2) is 0 Å². The van der Waals surface area contributed by atoms with Gasteiger partial charge in [0, 0.05) is 0 Å². The fraction of sp³-hybridized carbons (Fsp3) is 1.00. The van der Waals surface area contributed by atoms with Crippen LogP contribution in [0.5, 0.6) is 0 Å². The van der Waals surface area contributed by atoms with E-state index in [1.165, 1.54) is 12.8 Å². The Morgan fingerprint density at radius 1 is 0.769 bits per heavy atom. The molecular weight excluding hydrogens is 155 g/mol. The Morgan fingerprint density at radius 2 is 1.54 bits per heavy atom. The molecule has 4 bridgehead atoms. The van der Waals surface area contributed by atoms with Crippen molar-refractivity contribution in [3.63, 3.8) is 0 Å². The minimum absolute atomic E-state index is 0.589. The number of fused-ring (bicyclic) bond motifs is 9. The van der Waals surface area contributed by atoms with Gasteiger partial charge in [-0.15, -0.1) is 0 Å². The maximum absolute atomic E-state index is 6.21.